The van der Waals surface area contributed by atoms with Crippen molar-refractivity contribution in [3.05, 3.63) is 12.7 Å². The van der Waals surface area contributed by atoms with Crippen molar-refractivity contribution in [3.63, 3.8) is 0 Å². The van der Waals surface area contributed by atoms with Crippen molar-refractivity contribution in [2.45, 2.75) is 89.6 Å². The van der Waals surface area contributed by atoms with Gasteiger partial charge >= 0.3 is 0 Å². The zero-order chi connectivity index (χ0) is 15.1. The number of ether oxygens (including phenoxy) is 2. The fourth-order valence-electron chi connectivity index (χ4n) is 2.92. The topological polar surface area (TPSA) is 42.2 Å². The molecule has 1 rings (SSSR count). The maximum atomic E-state index is 9.56. The average molecular weight is 279 g/mol. The SMILES string of the molecule is C=CCC[C@@]1(C#N)C[C@H](CCCCCC)OC(C)(C)O1. The van der Waals surface area contributed by atoms with Gasteiger partial charge in [-0.2, -0.15) is 5.26 Å². The zero-order valence-electron chi connectivity index (χ0n) is 13.3. The van der Waals surface area contributed by atoms with Gasteiger partial charge in [0, 0.05) is 6.42 Å². The van der Waals surface area contributed by atoms with Crippen LogP contribution in [0.1, 0.15) is 72.1 Å². The molecule has 0 N–H and O–H groups in total. The van der Waals surface area contributed by atoms with Crippen LogP contribution in [-0.4, -0.2) is 17.5 Å². The predicted octanol–water partition coefficient (Wildman–Crippen LogP) is 4.73. The lowest BCUT2D eigenvalue weighted by Crippen LogP contribution is -2.51. The number of hydrogen-bond donors (Lipinski definition) is 0. The van der Waals surface area contributed by atoms with Crippen LogP contribution >= 0.6 is 0 Å². The molecule has 1 saturated heterocycles. The van der Waals surface area contributed by atoms with Crippen molar-refractivity contribution >= 4 is 0 Å². The van der Waals surface area contributed by atoms with Crippen LogP contribution in [0.5, 0.6) is 0 Å². The van der Waals surface area contributed by atoms with Gasteiger partial charge in [-0.3, -0.25) is 0 Å². The van der Waals surface area contributed by atoms with Crippen molar-refractivity contribution in [2.24, 2.45) is 0 Å². The van der Waals surface area contributed by atoms with Crippen LogP contribution in [0.25, 0.3) is 0 Å². The average Bonchev–Trinajstić information content (AvgIpc) is 2.40. The summed E-state index contributed by atoms with van der Waals surface area (Å²) in [6.07, 6.45) is 10.1. The minimum Gasteiger partial charge on any atom is -0.347 e. The number of rotatable bonds is 8. The molecular weight excluding hydrogens is 250 g/mol. The van der Waals surface area contributed by atoms with Crippen LogP contribution in [-0.2, 0) is 9.47 Å². The Morgan fingerprint density at radius 1 is 1.35 bits per heavy atom. The van der Waals surface area contributed by atoms with Gasteiger partial charge in [0.2, 0.25) is 0 Å². The van der Waals surface area contributed by atoms with Gasteiger partial charge in [0.05, 0.1) is 12.2 Å². The molecule has 0 amide bonds. The van der Waals surface area contributed by atoms with E-state index in [1.54, 1.807) is 0 Å². The summed E-state index contributed by atoms with van der Waals surface area (Å²) in [5.74, 6) is -0.676. The van der Waals surface area contributed by atoms with E-state index in [9.17, 15) is 5.26 Å². The van der Waals surface area contributed by atoms with Crippen molar-refractivity contribution in [1.82, 2.24) is 0 Å². The van der Waals surface area contributed by atoms with Gasteiger partial charge in [0.25, 0.3) is 0 Å². The fourth-order valence-corrected chi connectivity index (χ4v) is 2.92. The van der Waals surface area contributed by atoms with E-state index in [4.69, 9.17) is 9.47 Å². The van der Waals surface area contributed by atoms with Gasteiger partial charge in [0.15, 0.2) is 11.4 Å². The smallest absolute Gasteiger partial charge is 0.165 e. The lowest BCUT2D eigenvalue weighted by molar-refractivity contribution is -0.321. The van der Waals surface area contributed by atoms with Crippen LogP contribution in [0.2, 0.25) is 0 Å². The maximum Gasteiger partial charge on any atom is 0.165 e. The monoisotopic (exact) mass is 279 g/mol. The van der Waals surface area contributed by atoms with Gasteiger partial charge in [-0.25, -0.2) is 0 Å². The number of nitrogens with zero attached hydrogens (tertiary/aromatic N) is 1. The summed E-state index contributed by atoms with van der Waals surface area (Å²) < 4.78 is 11.9. The molecule has 0 spiro atoms. The molecule has 0 aromatic heterocycles. The second-order valence-electron chi connectivity index (χ2n) is 6.23. The Hall–Kier alpha value is -0.850. The number of hydrogen-bond acceptors (Lipinski definition) is 3. The predicted molar refractivity (Wildman–Crippen MR) is 81.2 cm³/mol. The molecule has 3 nitrogen and oxygen atoms in total. The van der Waals surface area contributed by atoms with Gasteiger partial charge < -0.3 is 9.47 Å². The third-order valence-electron chi connectivity index (χ3n) is 3.78. The van der Waals surface area contributed by atoms with Crippen LogP contribution in [0.15, 0.2) is 12.7 Å². The fraction of sp³-hybridized carbons (Fsp3) is 0.824. The van der Waals surface area contributed by atoms with E-state index in [0.717, 1.165) is 19.3 Å². The van der Waals surface area contributed by atoms with Crippen molar-refractivity contribution in [2.75, 3.05) is 0 Å². The molecule has 3 heteroatoms. The summed E-state index contributed by atoms with van der Waals surface area (Å²) in [6, 6.07) is 2.39. The third-order valence-corrected chi connectivity index (χ3v) is 3.78. The van der Waals surface area contributed by atoms with Crippen LogP contribution < -0.4 is 0 Å². The lowest BCUT2D eigenvalue weighted by Gasteiger charge is -2.45. The molecule has 0 aliphatic carbocycles. The molecule has 0 radical (unpaired) electrons. The summed E-state index contributed by atoms with van der Waals surface area (Å²) in [7, 11) is 0. The highest BCUT2D eigenvalue weighted by Gasteiger charge is 2.45. The Balaban J connectivity index is 2.63. The van der Waals surface area contributed by atoms with E-state index in [2.05, 4.69) is 19.6 Å². The number of nitriles is 1. The summed E-state index contributed by atoms with van der Waals surface area (Å²) in [4.78, 5) is 0. The van der Waals surface area contributed by atoms with E-state index >= 15 is 0 Å². The summed E-state index contributed by atoms with van der Waals surface area (Å²) >= 11 is 0. The van der Waals surface area contributed by atoms with Gasteiger partial charge in [-0.15, -0.1) is 6.58 Å². The van der Waals surface area contributed by atoms with Crippen LogP contribution in [0, 0.1) is 11.3 Å². The molecule has 114 valence electrons. The molecule has 0 aromatic carbocycles. The first-order valence-corrected chi connectivity index (χ1v) is 7.87. The molecular formula is C17H29NO2. The highest BCUT2D eigenvalue weighted by atomic mass is 16.7. The lowest BCUT2D eigenvalue weighted by atomic mass is 9.88. The Bertz CT molecular complexity index is 345. The third kappa shape index (κ3) is 5.26. The highest BCUT2D eigenvalue weighted by molar-refractivity contribution is 5.06. The van der Waals surface area contributed by atoms with E-state index in [1.807, 2.05) is 19.9 Å². The minimum atomic E-state index is -0.717. The van der Waals surface area contributed by atoms with E-state index in [0.29, 0.717) is 12.8 Å². The molecule has 2 atom stereocenters. The Kier molecular flexibility index (Phi) is 6.71. The summed E-state index contributed by atoms with van der Waals surface area (Å²) in [5.41, 5.74) is -0.717. The summed E-state index contributed by atoms with van der Waals surface area (Å²) in [5, 5.41) is 9.56. The Morgan fingerprint density at radius 3 is 2.70 bits per heavy atom. The maximum absolute atomic E-state index is 9.56. The number of unbranched alkanes of at least 4 members (excludes halogenated alkanes) is 3. The minimum absolute atomic E-state index is 0.125. The molecule has 0 saturated carbocycles. The molecule has 0 unspecified atom stereocenters. The van der Waals surface area contributed by atoms with Crippen molar-refractivity contribution < 1.29 is 9.47 Å². The summed E-state index contributed by atoms with van der Waals surface area (Å²) in [6.45, 7) is 9.77. The van der Waals surface area contributed by atoms with Gasteiger partial charge in [-0.05, 0) is 33.1 Å². The Morgan fingerprint density at radius 2 is 2.10 bits per heavy atom. The molecule has 1 aliphatic rings. The van der Waals surface area contributed by atoms with Crippen molar-refractivity contribution in [1.29, 1.82) is 5.26 Å². The second-order valence-corrected chi connectivity index (χ2v) is 6.23. The second kappa shape index (κ2) is 7.81. The van der Waals surface area contributed by atoms with E-state index < -0.39 is 11.4 Å². The highest BCUT2D eigenvalue weighted by Crippen LogP contribution is 2.38. The molecule has 0 bridgehead atoms. The first-order chi connectivity index (χ1) is 9.47. The molecule has 0 aromatic rings. The van der Waals surface area contributed by atoms with Crippen molar-refractivity contribution in [3.8, 4) is 6.07 Å². The zero-order valence-corrected chi connectivity index (χ0v) is 13.3. The molecule has 1 fully saturated rings. The number of allylic oxidation sites excluding steroid dienone is 1. The van der Waals surface area contributed by atoms with Gasteiger partial charge in [-0.1, -0.05) is 38.7 Å². The first kappa shape index (κ1) is 17.2. The van der Waals surface area contributed by atoms with E-state index in [1.165, 1.54) is 19.3 Å². The quantitative estimate of drug-likeness (QED) is 0.476. The molecule has 20 heavy (non-hydrogen) atoms. The van der Waals surface area contributed by atoms with Crippen LogP contribution in [0.4, 0.5) is 0 Å². The van der Waals surface area contributed by atoms with Gasteiger partial charge in [0.1, 0.15) is 0 Å². The van der Waals surface area contributed by atoms with Crippen LogP contribution in [0.3, 0.4) is 0 Å². The first-order valence-electron chi connectivity index (χ1n) is 7.87. The molecule has 1 aliphatic heterocycles. The normalized spacial score (nSPS) is 28.8. The van der Waals surface area contributed by atoms with E-state index in [-0.39, 0.29) is 6.10 Å². The Labute approximate surface area is 124 Å². The standard InChI is InChI=1S/C17H29NO2/c1-5-7-9-10-11-15-13-17(14-18,12-8-6-2)20-16(3,4)19-15/h6,15H,2,5,7-13H2,1,3-4H3/t15-,17-/m0/s1. The largest absolute Gasteiger partial charge is 0.347 e. The molecule has 1 heterocycles.